The van der Waals surface area contributed by atoms with Gasteiger partial charge >= 0.3 is 6.18 Å². The van der Waals surface area contributed by atoms with Gasteiger partial charge in [-0.05, 0) is 23.3 Å². The number of carbonyl (C=O) groups excluding carboxylic acids is 1. The molecule has 1 aliphatic heterocycles. The lowest BCUT2D eigenvalue weighted by Crippen LogP contribution is -2.11. The molecule has 2 rings (SSSR count). The van der Waals surface area contributed by atoms with Crippen molar-refractivity contribution in [3.05, 3.63) is 29.8 Å². The number of alkyl halides is 3. The summed E-state index contributed by atoms with van der Waals surface area (Å²) in [6.45, 7) is 2.98. The number of fused-ring (bicyclic) bond motifs is 1. The maximum absolute atomic E-state index is 12.6. The van der Waals surface area contributed by atoms with Crippen molar-refractivity contribution in [3.63, 3.8) is 0 Å². The van der Waals surface area contributed by atoms with Crippen LogP contribution >= 0.6 is 0 Å². The average Bonchev–Trinajstić information content (AvgIpc) is 2.73. The number of hydrogen-bond donors (Lipinski definition) is 0. The van der Waals surface area contributed by atoms with E-state index in [-0.39, 0.29) is 30.1 Å². The number of aldehydes is 1. The van der Waals surface area contributed by atoms with E-state index >= 15 is 0 Å². The van der Waals surface area contributed by atoms with Gasteiger partial charge in [0.15, 0.2) is 11.5 Å². The predicted molar refractivity (Wildman–Crippen MR) is 57.4 cm³/mol. The Labute approximate surface area is 101 Å². The number of rotatable bonds is 3. The van der Waals surface area contributed by atoms with Gasteiger partial charge in [0.2, 0.25) is 6.79 Å². The van der Waals surface area contributed by atoms with E-state index in [0.717, 1.165) is 0 Å². The molecule has 0 fully saturated rings. The van der Waals surface area contributed by atoms with E-state index < -0.39 is 11.7 Å². The highest BCUT2D eigenvalue weighted by molar-refractivity contribution is 5.75. The molecule has 0 amide bonds. The molecule has 3 nitrogen and oxygen atoms in total. The molecule has 0 N–H and O–H groups in total. The van der Waals surface area contributed by atoms with Crippen LogP contribution in [0.2, 0.25) is 0 Å². The van der Waals surface area contributed by atoms with Gasteiger partial charge in [-0.25, -0.2) is 0 Å². The van der Waals surface area contributed by atoms with Crippen LogP contribution in [-0.2, 0) is 11.2 Å². The van der Waals surface area contributed by atoms with Crippen LogP contribution in [0.25, 0.3) is 5.57 Å². The molecule has 96 valence electrons. The first-order chi connectivity index (χ1) is 8.43. The molecule has 0 saturated heterocycles. The highest BCUT2D eigenvalue weighted by Crippen LogP contribution is 2.41. The van der Waals surface area contributed by atoms with E-state index in [2.05, 4.69) is 6.58 Å². The van der Waals surface area contributed by atoms with Gasteiger partial charge in [-0.1, -0.05) is 6.58 Å². The normalized spacial score (nSPS) is 13.5. The van der Waals surface area contributed by atoms with Gasteiger partial charge in [-0.3, -0.25) is 0 Å². The van der Waals surface area contributed by atoms with E-state index in [4.69, 9.17) is 9.47 Å². The van der Waals surface area contributed by atoms with Gasteiger partial charge < -0.3 is 14.3 Å². The zero-order valence-corrected chi connectivity index (χ0v) is 9.21. The molecule has 0 aliphatic carbocycles. The van der Waals surface area contributed by atoms with Crippen molar-refractivity contribution in [3.8, 4) is 11.5 Å². The van der Waals surface area contributed by atoms with E-state index in [1.165, 1.54) is 12.1 Å². The fourth-order valence-electron chi connectivity index (χ4n) is 1.68. The first-order valence-corrected chi connectivity index (χ1v) is 5.06. The molecule has 0 saturated carbocycles. The lowest BCUT2D eigenvalue weighted by Gasteiger charge is -2.14. The molecule has 0 atom stereocenters. The molecule has 1 heterocycles. The van der Waals surface area contributed by atoms with Crippen LogP contribution in [0.15, 0.2) is 18.7 Å². The second kappa shape index (κ2) is 4.36. The summed E-state index contributed by atoms with van der Waals surface area (Å²) in [6.07, 6.45) is -4.16. The molecular weight excluding hydrogens is 249 g/mol. The highest BCUT2D eigenvalue weighted by Gasteiger charge is 2.35. The van der Waals surface area contributed by atoms with E-state index in [1.54, 1.807) is 0 Å². The molecule has 0 aromatic heterocycles. The Kier molecular flexibility index (Phi) is 3.02. The summed E-state index contributed by atoms with van der Waals surface area (Å²) in [6, 6.07) is 2.58. The molecule has 1 aromatic carbocycles. The fourth-order valence-corrected chi connectivity index (χ4v) is 1.68. The summed E-state index contributed by atoms with van der Waals surface area (Å²) < 4.78 is 48.0. The summed E-state index contributed by atoms with van der Waals surface area (Å²) in [5, 5.41) is 0. The topological polar surface area (TPSA) is 35.5 Å². The minimum absolute atomic E-state index is 0.0438. The third-order valence-electron chi connectivity index (χ3n) is 2.57. The number of benzene rings is 1. The molecule has 1 aromatic rings. The van der Waals surface area contributed by atoms with Crippen molar-refractivity contribution in [2.75, 3.05) is 6.79 Å². The van der Waals surface area contributed by atoms with Crippen molar-refractivity contribution in [1.82, 2.24) is 0 Å². The van der Waals surface area contributed by atoms with Gasteiger partial charge in [0.1, 0.15) is 6.29 Å². The SMILES string of the molecule is C=C(c1cc2c(cc1CC=O)OCO2)C(F)(F)F. The van der Waals surface area contributed by atoms with Crippen LogP contribution in [0.3, 0.4) is 0 Å². The second-order valence-electron chi connectivity index (χ2n) is 3.71. The minimum Gasteiger partial charge on any atom is -0.454 e. The molecule has 0 radical (unpaired) electrons. The molecular formula is C12H9F3O3. The van der Waals surface area contributed by atoms with Crippen LogP contribution in [0, 0.1) is 0 Å². The quantitative estimate of drug-likeness (QED) is 0.782. The van der Waals surface area contributed by atoms with Crippen molar-refractivity contribution in [2.45, 2.75) is 12.6 Å². The Morgan fingerprint density at radius 3 is 2.50 bits per heavy atom. The largest absolute Gasteiger partial charge is 0.454 e. The van der Waals surface area contributed by atoms with Gasteiger partial charge in [-0.2, -0.15) is 13.2 Å². The van der Waals surface area contributed by atoms with Crippen molar-refractivity contribution in [1.29, 1.82) is 0 Å². The maximum atomic E-state index is 12.6. The van der Waals surface area contributed by atoms with Gasteiger partial charge in [-0.15, -0.1) is 0 Å². The third kappa shape index (κ3) is 2.18. The minimum atomic E-state index is -4.55. The Morgan fingerprint density at radius 1 is 1.33 bits per heavy atom. The molecule has 0 unspecified atom stereocenters. The molecule has 1 aliphatic rings. The van der Waals surface area contributed by atoms with Crippen molar-refractivity contribution >= 4 is 11.9 Å². The van der Waals surface area contributed by atoms with Crippen LogP contribution in [0.5, 0.6) is 11.5 Å². The predicted octanol–water partition coefficient (Wildman–Crippen LogP) is 2.73. The van der Waals surface area contributed by atoms with Crippen LogP contribution in [0.1, 0.15) is 11.1 Å². The number of carbonyl (C=O) groups is 1. The monoisotopic (exact) mass is 258 g/mol. The zero-order valence-electron chi connectivity index (χ0n) is 9.21. The summed E-state index contributed by atoms with van der Waals surface area (Å²) >= 11 is 0. The summed E-state index contributed by atoms with van der Waals surface area (Å²) in [5.41, 5.74) is -0.923. The Hall–Kier alpha value is -1.98. The van der Waals surface area contributed by atoms with Crippen LogP contribution in [0.4, 0.5) is 13.2 Å². The van der Waals surface area contributed by atoms with Crippen molar-refractivity contribution < 1.29 is 27.4 Å². The molecule has 6 heteroatoms. The molecule has 18 heavy (non-hydrogen) atoms. The second-order valence-corrected chi connectivity index (χ2v) is 3.71. The van der Waals surface area contributed by atoms with Crippen LogP contribution in [-0.4, -0.2) is 19.3 Å². The third-order valence-corrected chi connectivity index (χ3v) is 2.57. The lowest BCUT2D eigenvalue weighted by molar-refractivity contribution is -0.107. The summed E-state index contributed by atoms with van der Waals surface area (Å²) in [7, 11) is 0. The van der Waals surface area contributed by atoms with Crippen molar-refractivity contribution in [2.24, 2.45) is 0 Å². The summed E-state index contributed by atoms with van der Waals surface area (Å²) in [4.78, 5) is 10.5. The van der Waals surface area contributed by atoms with E-state index in [1.807, 2.05) is 0 Å². The highest BCUT2D eigenvalue weighted by atomic mass is 19.4. The van der Waals surface area contributed by atoms with Gasteiger partial charge in [0, 0.05) is 6.42 Å². The standard InChI is InChI=1S/C12H9F3O3/c1-7(12(13,14)15)9-5-11-10(17-6-18-11)4-8(9)2-3-16/h3-5H,1-2,6H2. The molecule has 0 spiro atoms. The maximum Gasteiger partial charge on any atom is 0.416 e. The van der Waals surface area contributed by atoms with Crippen LogP contribution < -0.4 is 9.47 Å². The Balaban J connectivity index is 2.51. The zero-order chi connectivity index (χ0) is 13.3. The lowest BCUT2D eigenvalue weighted by atomic mass is 9.97. The smallest absolute Gasteiger partial charge is 0.416 e. The summed E-state index contributed by atoms with van der Waals surface area (Å²) in [5.74, 6) is 0.565. The number of hydrogen-bond acceptors (Lipinski definition) is 3. The average molecular weight is 258 g/mol. The Morgan fingerprint density at radius 2 is 1.94 bits per heavy atom. The van der Waals surface area contributed by atoms with E-state index in [9.17, 15) is 18.0 Å². The number of halogens is 3. The van der Waals surface area contributed by atoms with Gasteiger partial charge in [0.25, 0.3) is 0 Å². The Bertz CT molecular complexity index is 506. The number of ether oxygens (including phenoxy) is 2. The fraction of sp³-hybridized carbons (Fsp3) is 0.250. The first-order valence-electron chi connectivity index (χ1n) is 5.06. The number of allylic oxidation sites excluding steroid dienone is 1. The van der Waals surface area contributed by atoms with Gasteiger partial charge in [0.05, 0.1) is 5.57 Å². The van der Waals surface area contributed by atoms with E-state index in [0.29, 0.717) is 12.0 Å². The first kappa shape index (κ1) is 12.5. The molecule has 0 bridgehead atoms.